The Kier molecular flexibility index (Phi) is 4.01. The second kappa shape index (κ2) is 5.99. The van der Waals surface area contributed by atoms with Gasteiger partial charge in [0.15, 0.2) is 5.65 Å². The average Bonchev–Trinajstić information content (AvgIpc) is 2.82. The van der Waals surface area contributed by atoms with E-state index in [1.54, 1.807) is 19.1 Å². The molecule has 0 saturated heterocycles. The molecule has 1 aromatic carbocycles. The molecule has 0 aliphatic carbocycles. The Morgan fingerprint density at radius 2 is 1.92 bits per heavy atom. The van der Waals surface area contributed by atoms with Gasteiger partial charge >= 0.3 is 5.97 Å². The quantitative estimate of drug-likeness (QED) is 0.791. The van der Waals surface area contributed by atoms with Gasteiger partial charge in [-0.05, 0) is 19.9 Å². The van der Waals surface area contributed by atoms with E-state index in [1.165, 1.54) is 6.07 Å². The van der Waals surface area contributed by atoms with Crippen LogP contribution in [-0.2, 0) is 11.3 Å². The van der Waals surface area contributed by atoms with Gasteiger partial charge in [-0.15, -0.1) is 0 Å². The first-order valence-corrected chi connectivity index (χ1v) is 7.32. The first-order chi connectivity index (χ1) is 11.4. The summed E-state index contributed by atoms with van der Waals surface area (Å²) in [5.41, 5.74) is 2.40. The van der Waals surface area contributed by atoms with Gasteiger partial charge in [0.25, 0.3) is 6.43 Å². The number of hydrogen-bond acceptors (Lipinski definition) is 3. The summed E-state index contributed by atoms with van der Waals surface area (Å²) in [6, 6.07) is 8.66. The van der Waals surface area contributed by atoms with Crippen LogP contribution in [0.25, 0.3) is 22.3 Å². The van der Waals surface area contributed by atoms with Gasteiger partial charge in [-0.2, -0.15) is 5.10 Å². The van der Waals surface area contributed by atoms with E-state index in [-0.39, 0.29) is 16.6 Å². The van der Waals surface area contributed by atoms with Crippen LogP contribution in [0, 0.1) is 13.8 Å². The van der Waals surface area contributed by atoms with Crippen molar-refractivity contribution in [1.82, 2.24) is 14.8 Å². The van der Waals surface area contributed by atoms with Crippen molar-refractivity contribution in [2.24, 2.45) is 0 Å². The summed E-state index contributed by atoms with van der Waals surface area (Å²) in [4.78, 5) is 15.4. The Balaban J connectivity index is 2.28. The summed E-state index contributed by atoms with van der Waals surface area (Å²) in [5.74, 6) is -1.11. The highest BCUT2D eigenvalue weighted by atomic mass is 19.3. The van der Waals surface area contributed by atoms with Crippen LogP contribution in [0.5, 0.6) is 0 Å². The largest absolute Gasteiger partial charge is 0.480 e. The van der Waals surface area contributed by atoms with Crippen LogP contribution >= 0.6 is 0 Å². The van der Waals surface area contributed by atoms with Crippen LogP contribution in [0.1, 0.15) is 23.2 Å². The fourth-order valence-corrected chi connectivity index (χ4v) is 2.67. The number of carbonyl (C=O) groups is 1. The topological polar surface area (TPSA) is 68.0 Å². The van der Waals surface area contributed by atoms with Crippen molar-refractivity contribution in [3.63, 3.8) is 0 Å². The Hall–Kier alpha value is -2.83. The molecule has 2 aromatic heterocycles. The van der Waals surface area contributed by atoms with E-state index in [4.69, 9.17) is 5.11 Å². The van der Waals surface area contributed by atoms with Crippen LogP contribution in [0.2, 0.25) is 0 Å². The van der Waals surface area contributed by atoms with E-state index >= 15 is 0 Å². The maximum absolute atomic E-state index is 13.5. The highest BCUT2D eigenvalue weighted by Crippen LogP contribution is 2.33. The molecule has 24 heavy (non-hydrogen) atoms. The number of fused-ring (bicyclic) bond motifs is 1. The third-order valence-corrected chi connectivity index (χ3v) is 3.78. The zero-order chi connectivity index (χ0) is 17.4. The number of rotatable bonds is 4. The van der Waals surface area contributed by atoms with Gasteiger partial charge < -0.3 is 5.11 Å². The molecular formula is C17H15F2N3O2. The van der Waals surface area contributed by atoms with Crippen molar-refractivity contribution < 1.29 is 18.7 Å². The summed E-state index contributed by atoms with van der Waals surface area (Å²) in [7, 11) is 0. The molecule has 7 heteroatoms. The van der Waals surface area contributed by atoms with Crippen LogP contribution in [0.15, 0.2) is 30.3 Å². The first kappa shape index (κ1) is 16.0. The predicted molar refractivity (Wildman–Crippen MR) is 85.0 cm³/mol. The minimum atomic E-state index is -2.71. The number of hydrogen-bond donors (Lipinski definition) is 1. The zero-order valence-corrected chi connectivity index (χ0v) is 13.1. The molecule has 0 amide bonds. The molecule has 0 aliphatic heterocycles. The zero-order valence-electron chi connectivity index (χ0n) is 13.1. The lowest BCUT2D eigenvalue weighted by Gasteiger charge is -2.08. The number of aliphatic carboxylic acids is 1. The molecule has 0 unspecified atom stereocenters. The number of aryl methyl sites for hydroxylation is 2. The molecule has 124 valence electrons. The van der Waals surface area contributed by atoms with E-state index in [0.717, 1.165) is 10.2 Å². The molecule has 3 aromatic rings. The van der Waals surface area contributed by atoms with E-state index in [1.807, 2.05) is 19.1 Å². The van der Waals surface area contributed by atoms with Crippen molar-refractivity contribution in [2.45, 2.75) is 26.8 Å². The van der Waals surface area contributed by atoms with E-state index < -0.39 is 18.9 Å². The van der Waals surface area contributed by atoms with Crippen LogP contribution in [-0.4, -0.2) is 25.8 Å². The molecule has 0 bridgehead atoms. The lowest BCUT2D eigenvalue weighted by molar-refractivity contribution is -0.137. The van der Waals surface area contributed by atoms with Gasteiger partial charge in [0.05, 0.1) is 16.8 Å². The van der Waals surface area contributed by atoms with Gasteiger partial charge in [0.1, 0.15) is 6.54 Å². The third-order valence-electron chi connectivity index (χ3n) is 3.78. The molecule has 0 saturated carbocycles. The number of carboxylic acid groups (broad SMARTS) is 1. The Bertz CT molecular complexity index is 918. The molecule has 0 radical (unpaired) electrons. The second-order valence-electron chi connectivity index (χ2n) is 5.60. The number of aromatic nitrogens is 3. The normalized spacial score (nSPS) is 11.4. The molecule has 0 spiro atoms. The molecular weight excluding hydrogens is 316 g/mol. The minimum Gasteiger partial charge on any atom is -0.480 e. The standard InChI is InChI=1S/C17H15F2N3O2/c1-9-3-5-11(6-4-9)13-7-12(16(18)19)15-10(2)21-22(8-14(23)24)17(15)20-13/h3-7,16H,8H2,1-2H3,(H,23,24). The Morgan fingerprint density at radius 1 is 1.25 bits per heavy atom. The van der Waals surface area contributed by atoms with Gasteiger partial charge in [0, 0.05) is 11.1 Å². The number of halogens is 2. The summed E-state index contributed by atoms with van der Waals surface area (Å²) >= 11 is 0. The fourth-order valence-electron chi connectivity index (χ4n) is 2.67. The third kappa shape index (κ3) is 2.84. The lowest BCUT2D eigenvalue weighted by atomic mass is 10.0. The number of carboxylic acids is 1. The fraction of sp³-hybridized carbons (Fsp3) is 0.235. The summed E-state index contributed by atoms with van der Waals surface area (Å²) in [5, 5.41) is 13.3. The van der Waals surface area contributed by atoms with E-state index in [2.05, 4.69) is 10.1 Å². The Morgan fingerprint density at radius 3 is 2.50 bits per heavy atom. The first-order valence-electron chi connectivity index (χ1n) is 7.32. The van der Waals surface area contributed by atoms with Gasteiger partial charge in [-0.1, -0.05) is 29.8 Å². The van der Waals surface area contributed by atoms with Crippen molar-refractivity contribution in [3.05, 3.63) is 47.2 Å². The summed E-state index contributed by atoms with van der Waals surface area (Å²) < 4.78 is 28.2. The van der Waals surface area contributed by atoms with Crippen molar-refractivity contribution in [2.75, 3.05) is 0 Å². The van der Waals surface area contributed by atoms with Crippen LogP contribution < -0.4 is 0 Å². The van der Waals surface area contributed by atoms with Crippen LogP contribution in [0.3, 0.4) is 0 Å². The average molecular weight is 331 g/mol. The monoisotopic (exact) mass is 331 g/mol. The lowest BCUT2D eigenvalue weighted by Crippen LogP contribution is -2.11. The summed E-state index contributed by atoms with van der Waals surface area (Å²) in [6.45, 7) is 3.06. The molecule has 2 heterocycles. The van der Waals surface area contributed by atoms with E-state index in [9.17, 15) is 13.6 Å². The molecule has 5 nitrogen and oxygen atoms in total. The molecule has 0 aliphatic rings. The van der Waals surface area contributed by atoms with Crippen molar-refractivity contribution in [1.29, 1.82) is 0 Å². The van der Waals surface area contributed by atoms with Gasteiger partial charge in [-0.25, -0.2) is 18.4 Å². The predicted octanol–water partition coefficient (Wildman–Crippen LogP) is 3.74. The number of nitrogens with zero attached hydrogens (tertiary/aromatic N) is 3. The SMILES string of the molecule is Cc1ccc(-c2cc(C(F)F)c3c(C)nn(CC(=O)O)c3n2)cc1. The van der Waals surface area contributed by atoms with Crippen molar-refractivity contribution in [3.8, 4) is 11.3 Å². The number of benzene rings is 1. The molecule has 0 atom stereocenters. The van der Waals surface area contributed by atoms with Gasteiger partial charge in [-0.3, -0.25) is 4.79 Å². The van der Waals surface area contributed by atoms with Gasteiger partial charge in [0.2, 0.25) is 0 Å². The summed E-state index contributed by atoms with van der Waals surface area (Å²) in [6.07, 6.45) is -2.71. The highest BCUT2D eigenvalue weighted by molar-refractivity contribution is 5.86. The number of alkyl halides is 2. The molecule has 3 rings (SSSR count). The highest BCUT2D eigenvalue weighted by Gasteiger charge is 2.21. The maximum atomic E-state index is 13.5. The van der Waals surface area contributed by atoms with Crippen molar-refractivity contribution >= 4 is 17.0 Å². The molecule has 1 N–H and O–H groups in total. The number of pyridine rings is 1. The minimum absolute atomic E-state index is 0.156. The van der Waals surface area contributed by atoms with E-state index in [0.29, 0.717) is 17.0 Å². The second-order valence-corrected chi connectivity index (χ2v) is 5.60. The molecule has 0 fully saturated rings. The Labute approximate surface area is 136 Å². The maximum Gasteiger partial charge on any atom is 0.325 e. The van der Waals surface area contributed by atoms with Crippen LogP contribution in [0.4, 0.5) is 8.78 Å². The smallest absolute Gasteiger partial charge is 0.325 e.